The van der Waals surface area contributed by atoms with Crippen LogP contribution in [0.1, 0.15) is 71.6 Å². The van der Waals surface area contributed by atoms with Crippen LogP contribution in [-0.4, -0.2) is 36.1 Å². The van der Waals surface area contributed by atoms with E-state index in [1.54, 1.807) is 0 Å². The minimum atomic E-state index is 0.476. The maximum atomic E-state index is 3.95. The molecule has 1 heterocycles. The van der Waals surface area contributed by atoms with Gasteiger partial charge in [0, 0.05) is 31.2 Å². The smallest absolute Gasteiger partial charge is 0.0309 e. The van der Waals surface area contributed by atoms with Crippen molar-refractivity contribution in [3.05, 3.63) is 0 Å². The number of hydrogen-bond donors (Lipinski definition) is 1. The van der Waals surface area contributed by atoms with E-state index in [0.29, 0.717) is 11.0 Å². The summed E-state index contributed by atoms with van der Waals surface area (Å²) in [6.45, 7) is 8.78. The average molecular weight is 264 g/mol. The lowest BCUT2D eigenvalue weighted by Gasteiger charge is -2.53. The Morgan fingerprint density at radius 1 is 1.05 bits per heavy atom. The summed E-state index contributed by atoms with van der Waals surface area (Å²) in [5.41, 5.74) is 1.12. The van der Waals surface area contributed by atoms with Crippen LogP contribution in [0.25, 0.3) is 0 Å². The van der Waals surface area contributed by atoms with Crippen molar-refractivity contribution in [3.8, 4) is 0 Å². The Morgan fingerprint density at radius 3 is 2.37 bits per heavy atom. The van der Waals surface area contributed by atoms with Crippen molar-refractivity contribution in [1.82, 2.24) is 10.2 Å². The molecule has 110 valence electrons. The zero-order valence-corrected chi connectivity index (χ0v) is 13.0. The van der Waals surface area contributed by atoms with Crippen LogP contribution >= 0.6 is 0 Å². The van der Waals surface area contributed by atoms with Gasteiger partial charge in [-0.2, -0.15) is 0 Å². The first-order chi connectivity index (χ1) is 9.15. The minimum Gasteiger partial charge on any atom is -0.308 e. The van der Waals surface area contributed by atoms with Gasteiger partial charge in [0.2, 0.25) is 0 Å². The first kappa shape index (κ1) is 13.9. The normalized spacial score (nSPS) is 34.1. The minimum absolute atomic E-state index is 0.476. The lowest BCUT2D eigenvalue weighted by atomic mass is 9.69. The lowest BCUT2D eigenvalue weighted by molar-refractivity contribution is 0.00102. The summed E-state index contributed by atoms with van der Waals surface area (Å²) in [6, 6.07) is 0.782. The van der Waals surface area contributed by atoms with Crippen molar-refractivity contribution in [2.75, 3.05) is 19.6 Å². The Bertz CT molecular complexity index is 302. The maximum Gasteiger partial charge on any atom is 0.0309 e. The molecule has 19 heavy (non-hydrogen) atoms. The molecule has 0 amide bonds. The largest absolute Gasteiger partial charge is 0.308 e. The van der Waals surface area contributed by atoms with Crippen LogP contribution in [0, 0.1) is 5.41 Å². The summed E-state index contributed by atoms with van der Waals surface area (Å²) >= 11 is 0. The standard InChI is InChI=1S/C17H32N2/c1-3-15-12-18-17(10-5-4-6-11-17)14-19(15)13-16(2)8-7-9-16/h15,18H,3-14H2,1-2H3. The first-order valence-electron chi connectivity index (χ1n) is 8.64. The van der Waals surface area contributed by atoms with Crippen LogP contribution in [-0.2, 0) is 0 Å². The Kier molecular flexibility index (Phi) is 3.92. The third kappa shape index (κ3) is 2.85. The van der Waals surface area contributed by atoms with Crippen LogP contribution < -0.4 is 5.32 Å². The lowest BCUT2D eigenvalue weighted by Crippen LogP contribution is -2.66. The van der Waals surface area contributed by atoms with Gasteiger partial charge in [0.1, 0.15) is 0 Å². The number of piperazine rings is 1. The highest BCUT2D eigenvalue weighted by Crippen LogP contribution is 2.42. The molecule has 0 aromatic carbocycles. The van der Waals surface area contributed by atoms with E-state index in [-0.39, 0.29) is 0 Å². The van der Waals surface area contributed by atoms with Crippen molar-refractivity contribution >= 4 is 0 Å². The topological polar surface area (TPSA) is 15.3 Å². The van der Waals surface area contributed by atoms with Gasteiger partial charge in [0.25, 0.3) is 0 Å². The maximum absolute atomic E-state index is 3.95. The third-order valence-corrected chi connectivity index (χ3v) is 6.16. The van der Waals surface area contributed by atoms with E-state index in [9.17, 15) is 0 Å². The second kappa shape index (κ2) is 5.37. The van der Waals surface area contributed by atoms with Crippen LogP contribution in [0.3, 0.4) is 0 Å². The Hall–Kier alpha value is -0.0800. The molecule has 3 fully saturated rings. The molecule has 1 N–H and O–H groups in total. The molecule has 0 aromatic rings. The fourth-order valence-electron chi connectivity index (χ4n) is 4.62. The van der Waals surface area contributed by atoms with Gasteiger partial charge in [-0.1, -0.05) is 39.5 Å². The Balaban J connectivity index is 1.67. The predicted octanol–water partition coefficient (Wildman–Crippen LogP) is 3.56. The molecule has 2 nitrogen and oxygen atoms in total. The summed E-state index contributed by atoms with van der Waals surface area (Å²) in [6.07, 6.45) is 12.8. The number of rotatable bonds is 3. The van der Waals surface area contributed by atoms with Crippen molar-refractivity contribution in [1.29, 1.82) is 0 Å². The molecule has 1 spiro atoms. The number of nitrogens with one attached hydrogen (secondary N) is 1. The zero-order chi connectivity index (χ0) is 13.3. The van der Waals surface area contributed by atoms with E-state index >= 15 is 0 Å². The Labute approximate surface area is 119 Å². The fraction of sp³-hybridized carbons (Fsp3) is 1.00. The molecule has 0 bridgehead atoms. The molecule has 1 saturated heterocycles. The van der Waals surface area contributed by atoms with Crippen LogP contribution in [0.15, 0.2) is 0 Å². The van der Waals surface area contributed by atoms with E-state index in [4.69, 9.17) is 0 Å². The molecule has 2 aliphatic carbocycles. The zero-order valence-electron chi connectivity index (χ0n) is 13.0. The molecule has 3 aliphatic rings. The van der Waals surface area contributed by atoms with E-state index in [1.165, 1.54) is 77.4 Å². The molecule has 0 radical (unpaired) electrons. The van der Waals surface area contributed by atoms with E-state index in [1.807, 2.05) is 0 Å². The van der Waals surface area contributed by atoms with Gasteiger partial charge in [0.15, 0.2) is 0 Å². The molecular weight excluding hydrogens is 232 g/mol. The van der Waals surface area contributed by atoms with Gasteiger partial charge in [-0.15, -0.1) is 0 Å². The molecule has 2 saturated carbocycles. The quantitative estimate of drug-likeness (QED) is 0.838. The molecule has 3 rings (SSSR count). The fourth-order valence-corrected chi connectivity index (χ4v) is 4.62. The van der Waals surface area contributed by atoms with Crippen LogP contribution in [0.4, 0.5) is 0 Å². The highest BCUT2D eigenvalue weighted by Gasteiger charge is 2.42. The molecule has 0 aromatic heterocycles. The first-order valence-corrected chi connectivity index (χ1v) is 8.64. The summed E-state index contributed by atoms with van der Waals surface area (Å²) in [7, 11) is 0. The third-order valence-electron chi connectivity index (χ3n) is 6.16. The molecule has 1 aliphatic heterocycles. The molecule has 2 heteroatoms. The van der Waals surface area contributed by atoms with Gasteiger partial charge in [-0.3, -0.25) is 4.90 Å². The van der Waals surface area contributed by atoms with Crippen molar-refractivity contribution in [2.24, 2.45) is 5.41 Å². The molecule has 1 unspecified atom stereocenters. The second-order valence-corrected chi connectivity index (χ2v) is 7.85. The van der Waals surface area contributed by atoms with Gasteiger partial charge >= 0.3 is 0 Å². The summed E-state index contributed by atoms with van der Waals surface area (Å²) < 4.78 is 0. The van der Waals surface area contributed by atoms with Gasteiger partial charge < -0.3 is 5.32 Å². The van der Waals surface area contributed by atoms with Crippen molar-refractivity contribution in [2.45, 2.75) is 83.2 Å². The van der Waals surface area contributed by atoms with E-state index in [2.05, 4.69) is 24.1 Å². The van der Waals surface area contributed by atoms with Gasteiger partial charge in [-0.25, -0.2) is 0 Å². The van der Waals surface area contributed by atoms with Gasteiger partial charge in [0.05, 0.1) is 0 Å². The molecule has 1 atom stereocenters. The van der Waals surface area contributed by atoms with Gasteiger partial charge in [-0.05, 0) is 37.5 Å². The number of hydrogen-bond acceptors (Lipinski definition) is 2. The highest BCUT2D eigenvalue weighted by molar-refractivity contribution is 5.01. The van der Waals surface area contributed by atoms with Crippen LogP contribution in [0.2, 0.25) is 0 Å². The average Bonchev–Trinajstić information content (AvgIpc) is 2.38. The second-order valence-electron chi connectivity index (χ2n) is 7.85. The molecular formula is C17H32N2. The van der Waals surface area contributed by atoms with E-state index in [0.717, 1.165) is 6.04 Å². The monoisotopic (exact) mass is 264 g/mol. The SMILES string of the molecule is CCC1CNC2(CCCCC2)CN1CC1(C)CCC1. The predicted molar refractivity (Wildman–Crippen MR) is 81.4 cm³/mol. The van der Waals surface area contributed by atoms with Crippen molar-refractivity contribution < 1.29 is 0 Å². The summed E-state index contributed by atoms with van der Waals surface area (Å²) in [4.78, 5) is 2.86. The van der Waals surface area contributed by atoms with Crippen molar-refractivity contribution in [3.63, 3.8) is 0 Å². The van der Waals surface area contributed by atoms with Crippen LogP contribution in [0.5, 0.6) is 0 Å². The Morgan fingerprint density at radius 2 is 1.79 bits per heavy atom. The number of nitrogens with zero attached hydrogens (tertiary/aromatic N) is 1. The van der Waals surface area contributed by atoms with E-state index < -0.39 is 0 Å². The summed E-state index contributed by atoms with van der Waals surface area (Å²) in [5.74, 6) is 0. The summed E-state index contributed by atoms with van der Waals surface area (Å²) in [5, 5.41) is 3.95. The highest BCUT2D eigenvalue weighted by atomic mass is 15.3.